The van der Waals surface area contributed by atoms with Gasteiger partial charge in [0.1, 0.15) is 6.07 Å². The van der Waals surface area contributed by atoms with Gasteiger partial charge >= 0.3 is 0 Å². The van der Waals surface area contributed by atoms with E-state index in [4.69, 9.17) is 11.6 Å². The van der Waals surface area contributed by atoms with E-state index in [9.17, 15) is 5.26 Å². The molecule has 4 nitrogen and oxygen atoms in total. The van der Waals surface area contributed by atoms with Crippen molar-refractivity contribution in [2.45, 2.75) is 6.92 Å². The van der Waals surface area contributed by atoms with Gasteiger partial charge in [-0.3, -0.25) is 0 Å². The van der Waals surface area contributed by atoms with Crippen molar-refractivity contribution in [3.05, 3.63) is 51.2 Å². The van der Waals surface area contributed by atoms with Crippen LogP contribution >= 0.6 is 27.5 Å². The summed E-state index contributed by atoms with van der Waals surface area (Å²) in [6, 6.07) is 9.46. The van der Waals surface area contributed by atoms with Gasteiger partial charge < -0.3 is 0 Å². The highest BCUT2D eigenvalue weighted by molar-refractivity contribution is 9.10. The van der Waals surface area contributed by atoms with E-state index in [1.807, 2.05) is 19.1 Å². The minimum Gasteiger partial charge on any atom is -0.235 e. The van der Waals surface area contributed by atoms with Crippen LogP contribution in [-0.2, 0) is 0 Å². The van der Waals surface area contributed by atoms with Gasteiger partial charge in [-0.1, -0.05) is 23.7 Å². The van der Waals surface area contributed by atoms with E-state index < -0.39 is 0 Å². The van der Waals surface area contributed by atoms with Crippen molar-refractivity contribution >= 4 is 33.2 Å². The van der Waals surface area contributed by atoms with Crippen LogP contribution in [0.15, 0.2) is 34.9 Å². The summed E-state index contributed by atoms with van der Waals surface area (Å²) in [7, 11) is 0. The second kappa shape index (κ2) is 4.89. The topological polar surface area (TPSA) is 54.0 Å². The quantitative estimate of drug-likeness (QED) is 0.669. The number of aryl methyl sites for hydroxylation is 1. The number of nitrogens with zero attached hydrogens (tertiary/aromatic N) is 4. The molecule has 1 aromatic carbocycles. The lowest BCUT2D eigenvalue weighted by Gasteiger charge is -2.07. The number of nitriles is 1. The van der Waals surface area contributed by atoms with Crippen LogP contribution in [0.4, 0.5) is 0 Å². The Labute approximate surface area is 128 Å². The van der Waals surface area contributed by atoms with Crippen LogP contribution in [0.2, 0.25) is 5.02 Å². The van der Waals surface area contributed by atoms with E-state index in [1.165, 1.54) is 0 Å². The molecule has 0 saturated carbocycles. The van der Waals surface area contributed by atoms with Gasteiger partial charge in [-0.2, -0.15) is 10.4 Å². The fourth-order valence-electron chi connectivity index (χ4n) is 2.03. The molecule has 0 bridgehead atoms. The lowest BCUT2D eigenvalue weighted by atomic mass is 10.1. The maximum absolute atomic E-state index is 9.30. The summed E-state index contributed by atoms with van der Waals surface area (Å²) >= 11 is 9.38. The highest BCUT2D eigenvalue weighted by Crippen LogP contribution is 2.29. The average molecular weight is 348 g/mol. The summed E-state index contributed by atoms with van der Waals surface area (Å²) in [4.78, 5) is 4.28. The monoisotopic (exact) mass is 346 g/mol. The largest absolute Gasteiger partial charge is 0.235 e. The summed E-state index contributed by atoms with van der Waals surface area (Å²) in [5.74, 6) is 0. The lowest BCUT2D eigenvalue weighted by Crippen LogP contribution is -1.99. The molecule has 0 saturated heterocycles. The fraction of sp³-hybridized carbons (Fsp3) is 0.0714. The second-order valence-electron chi connectivity index (χ2n) is 4.27. The van der Waals surface area contributed by atoms with Crippen molar-refractivity contribution in [2.24, 2.45) is 0 Å². The van der Waals surface area contributed by atoms with Crippen molar-refractivity contribution in [2.75, 3.05) is 0 Å². The van der Waals surface area contributed by atoms with E-state index >= 15 is 0 Å². The van der Waals surface area contributed by atoms with Crippen LogP contribution in [-0.4, -0.2) is 14.6 Å². The number of halogens is 2. The number of rotatable bonds is 1. The second-order valence-corrected chi connectivity index (χ2v) is 5.50. The third kappa shape index (κ3) is 1.98. The maximum Gasteiger partial charge on any atom is 0.170 e. The van der Waals surface area contributed by atoms with E-state index in [0.29, 0.717) is 21.9 Å². The molecule has 98 valence electrons. The number of benzene rings is 1. The van der Waals surface area contributed by atoms with E-state index in [-0.39, 0.29) is 0 Å². The molecule has 0 fully saturated rings. The smallest absolute Gasteiger partial charge is 0.170 e. The number of hydrogen-bond donors (Lipinski definition) is 0. The van der Waals surface area contributed by atoms with Gasteiger partial charge in [0, 0.05) is 16.8 Å². The van der Waals surface area contributed by atoms with Gasteiger partial charge in [0.25, 0.3) is 0 Å². The van der Waals surface area contributed by atoms with Gasteiger partial charge in [0.05, 0.1) is 21.4 Å². The van der Waals surface area contributed by atoms with Crippen molar-refractivity contribution in [1.82, 2.24) is 14.6 Å². The van der Waals surface area contributed by atoms with Crippen LogP contribution in [0.5, 0.6) is 0 Å². The molecule has 0 unspecified atom stereocenters. The Bertz CT molecular complexity index is 846. The van der Waals surface area contributed by atoms with E-state index in [0.717, 1.165) is 15.7 Å². The molecule has 20 heavy (non-hydrogen) atoms. The Balaban J connectivity index is 2.40. The Morgan fingerprint density at radius 1 is 1.30 bits per heavy atom. The Kier molecular flexibility index (Phi) is 3.20. The Morgan fingerprint density at radius 2 is 2.00 bits per heavy atom. The summed E-state index contributed by atoms with van der Waals surface area (Å²) in [5.41, 5.74) is 3.56. The van der Waals surface area contributed by atoms with Crippen molar-refractivity contribution in [3.8, 4) is 17.3 Å². The summed E-state index contributed by atoms with van der Waals surface area (Å²) in [6.45, 7) is 1.89. The molecule has 0 atom stereocenters. The highest BCUT2D eigenvalue weighted by atomic mass is 79.9. The molecular formula is C14H8BrClN4. The van der Waals surface area contributed by atoms with Gasteiger partial charge in [-0.15, -0.1) is 0 Å². The normalized spacial score (nSPS) is 10.7. The van der Waals surface area contributed by atoms with Gasteiger partial charge in [-0.25, -0.2) is 9.50 Å². The average Bonchev–Trinajstić information content (AvgIpc) is 2.74. The molecule has 6 heteroatoms. The van der Waals surface area contributed by atoms with Gasteiger partial charge in [-0.05, 0) is 35.0 Å². The standard InChI is InChI=1S/C14H8BrClN4/c1-8-12(15)14-18-7-10(6-17)13(20(14)19-8)9-2-4-11(16)5-3-9/h2-5,7H,1H3. The first-order chi connectivity index (χ1) is 9.61. The van der Waals surface area contributed by atoms with Gasteiger partial charge in [0.2, 0.25) is 0 Å². The van der Waals surface area contributed by atoms with Crippen molar-refractivity contribution < 1.29 is 0 Å². The van der Waals surface area contributed by atoms with Gasteiger partial charge in [0.15, 0.2) is 5.65 Å². The van der Waals surface area contributed by atoms with Crippen LogP contribution in [0.1, 0.15) is 11.3 Å². The molecule has 0 aliphatic rings. The fourth-order valence-corrected chi connectivity index (χ4v) is 2.51. The Morgan fingerprint density at radius 3 is 2.65 bits per heavy atom. The van der Waals surface area contributed by atoms with Crippen molar-refractivity contribution in [1.29, 1.82) is 5.26 Å². The third-order valence-corrected chi connectivity index (χ3v) is 4.17. The molecule has 0 amide bonds. The summed E-state index contributed by atoms with van der Waals surface area (Å²) < 4.78 is 2.51. The SMILES string of the molecule is Cc1nn2c(-c3ccc(Cl)cc3)c(C#N)cnc2c1Br. The molecule has 2 heterocycles. The predicted octanol–water partition coefficient (Wildman–Crippen LogP) is 3.99. The number of fused-ring (bicyclic) bond motifs is 1. The zero-order valence-corrected chi connectivity index (χ0v) is 12.8. The van der Waals surface area contributed by atoms with Crippen LogP contribution in [0.25, 0.3) is 16.9 Å². The molecule has 0 aliphatic carbocycles. The minimum atomic E-state index is 0.467. The number of aromatic nitrogens is 3. The first-order valence-electron chi connectivity index (χ1n) is 5.81. The molecule has 0 aliphatic heterocycles. The van der Waals surface area contributed by atoms with Crippen LogP contribution in [0, 0.1) is 18.3 Å². The summed E-state index contributed by atoms with van der Waals surface area (Å²) in [6.07, 6.45) is 1.56. The predicted molar refractivity (Wildman–Crippen MR) is 80.6 cm³/mol. The van der Waals surface area contributed by atoms with E-state index in [1.54, 1.807) is 22.8 Å². The molecule has 0 spiro atoms. The zero-order chi connectivity index (χ0) is 14.3. The first kappa shape index (κ1) is 13.1. The molecule has 3 rings (SSSR count). The summed E-state index contributed by atoms with van der Waals surface area (Å²) in [5, 5.41) is 14.4. The minimum absolute atomic E-state index is 0.467. The molecule has 2 aromatic heterocycles. The lowest BCUT2D eigenvalue weighted by molar-refractivity contribution is 0.921. The molecule has 0 N–H and O–H groups in total. The van der Waals surface area contributed by atoms with Crippen LogP contribution < -0.4 is 0 Å². The van der Waals surface area contributed by atoms with E-state index in [2.05, 4.69) is 32.1 Å². The Hall–Kier alpha value is -1.90. The molecule has 3 aromatic rings. The number of hydrogen-bond acceptors (Lipinski definition) is 3. The maximum atomic E-state index is 9.30. The van der Waals surface area contributed by atoms with Crippen molar-refractivity contribution in [3.63, 3.8) is 0 Å². The van der Waals surface area contributed by atoms with Crippen LogP contribution in [0.3, 0.4) is 0 Å². The molecular weight excluding hydrogens is 340 g/mol. The molecule has 0 radical (unpaired) electrons. The third-order valence-electron chi connectivity index (χ3n) is 2.99. The first-order valence-corrected chi connectivity index (χ1v) is 6.99. The highest BCUT2D eigenvalue weighted by Gasteiger charge is 2.16. The zero-order valence-electron chi connectivity index (χ0n) is 10.4.